The quantitative estimate of drug-likeness (QED) is 0.772. The molecule has 1 aliphatic heterocycles. The summed E-state index contributed by atoms with van der Waals surface area (Å²) in [5, 5.41) is 9.06. The second-order valence-corrected chi connectivity index (χ2v) is 4.18. The highest BCUT2D eigenvalue weighted by atomic mass is 16.5. The number of aliphatic hydroxyl groups excluding tert-OH is 1. The van der Waals surface area contributed by atoms with Crippen molar-refractivity contribution in [3.05, 3.63) is 29.1 Å². The topological polar surface area (TPSA) is 79.7 Å². The van der Waals surface area contributed by atoms with Crippen LogP contribution >= 0.6 is 0 Å². The van der Waals surface area contributed by atoms with Crippen molar-refractivity contribution in [1.29, 1.82) is 0 Å². The number of hydrogen-bond donors (Lipinski definition) is 1. The minimum atomic E-state index is -0.551. The highest BCUT2D eigenvalue weighted by molar-refractivity contribution is 6.20. The Bertz CT molecular complexity index is 501. The van der Waals surface area contributed by atoms with Crippen molar-refractivity contribution in [2.75, 3.05) is 13.7 Å². The SMILES string of the molecule is COCc1cnc2c(c1)C(=O)N(C(C)CO)C2=O. The summed E-state index contributed by atoms with van der Waals surface area (Å²) in [6.07, 6.45) is 1.51. The zero-order valence-corrected chi connectivity index (χ0v) is 10.2. The molecule has 1 aromatic heterocycles. The molecule has 0 spiro atoms. The van der Waals surface area contributed by atoms with Gasteiger partial charge in [-0.2, -0.15) is 0 Å². The van der Waals surface area contributed by atoms with Crippen molar-refractivity contribution in [2.45, 2.75) is 19.6 Å². The summed E-state index contributed by atoms with van der Waals surface area (Å²) in [5.74, 6) is -0.873. The second kappa shape index (κ2) is 4.83. The smallest absolute Gasteiger partial charge is 0.280 e. The lowest BCUT2D eigenvalue weighted by molar-refractivity contribution is 0.0535. The van der Waals surface area contributed by atoms with Gasteiger partial charge in [-0.15, -0.1) is 0 Å². The van der Waals surface area contributed by atoms with E-state index in [1.165, 1.54) is 6.20 Å². The summed E-state index contributed by atoms with van der Waals surface area (Å²) in [6.45, 7) is 1.67. The lowest BCUT2D eigenvalue weighted by Crippen LogP contribution is -2.40. The van der Waals surface area contributed by atoms with Gasteiger partial charge in [0.2, 0.25) is 0 Å². The molecule has 0 aromatic carbocycles. The number of carbonyl (C=O) groups is 2. The first-order valence-electron chi connectivity index (χ1n) is 5.56. The molecule has 96 valence electrons. The molecule has 1 unspecified atom stereocenters. The number of nitrogens with zero attached hydrogens (tertiary/aromatic N) is 2. The van der Waals surface area contributed by atoms with Gasteiger partial charge in [0.15, 0.2) is 0 Å². The zero-order valence-electron chi connectivity index (χ0n) is 10.2. The average Bonchev–Trinajstić information content (AvgIpc) is 2.61. The Morgan fingerprint density at radius 3 is 2.78 bits per heavy atom. The van der Waals surface area contributed by atoms with Crippen molar-refractivity contribution in [3.8, 4) is 0 Å². The van der Waals surface area contributed by atoms with Gasteiger partial charge in [-0.25, -0.2) is 4.98 Å². The number of carbonyl (C=O) groups excluding carboxylic acids is 2. The summed E-state index contributed by atoms with van der Waals surface area (Å²) in [4.78, 5) is 29.1. The van der Waals surface area contributed by atoms with Gasteiger partial charge in [-0.3, -0.25) is 14.5 Å². The Hall–Kier alpha value is -1.79. The molecular weight excluding hydrogens is 236 g/mol. The molecule has 1 aromatic rings. The number of ether oxygens (including phenoxy) is 1. The van der Waals surface area contributed by atoms with Crippen LogP contribution in [0.2, 0.25) is 0 Å². The van der Waals surface area contributed by atoms with Crippen LogP contribution in [0.15, 0.2) is 12.3 Å². The number of aromatic nitrogens is 1. The van der Waals surface area contributed by atoms with E-state index in [0.29, 0.717) is 6.61 Å². The number of fused-ring (bicyclic) bond motifs is 1. The van der Waals surface area contributed by atoms with Crippen LogP contribution in [-0.4, -0.2) is 46.6 Å². The first-order chi connectivity index (χ1) is 8.60. The molecule has 0 aliphatic carbocycles. The molecule has 2 amide bonds. The first kappa shape index (κ1) is 12.7. The molecule has 0 saturated heterocycles. The largest absolute Gasteiger partial charge is 0.394 e. The van der Waals surface area contributed by atoms with E-state index in [2.05, 4.69) is 4.98 Å². The highest BCUT2D eigenvalue weighted by Crippen LogP contribution is 2.23. The molecule has 2 heterocycles. The predicted molar refractivity (Wildman–Crippen MR) is 62.0 cm³/mol. The maximum Gasteiger partial charge on any atom is 0.280 e. The number of rotatable bonds is 4. The second-order valence-electron chi connectivity index (χ2n) is 4.18. The molecule has 6 heteroatoms. The molecule has 1 atom stereocenters. The summed E-state index contributed by atoms with van der Waals surface area (Å²) in [5.41, 5.74) is 1.14. The Morgan fingerprint density at radius 1 is 1.44 bits per heavy atom. The first-order valence-corrected chi connectivity index (χ1v) is 5.56. The fourth-order valence-corrected chi connectivity index (χ4v) is 1.91. The van der Waals surface area contributed by atoms with E-state index in [1.54, 1.807) is 20.1 Å². The summed E-state index contributed by atoms with van der Waals surface area (Å²) in [7, 11) is 1.54. The van der Waals surface area contributed by atoms with Crippen LogP contribution in [0.25, 0.3) is 0 Å². The van der Waals surface area contributed by atoms with E-state index in [0.717, 1.165) is 10.5 Å². The van der Waals surface area contributed by atoms with Crippen LogP contribution in [-0.2, 0) is 11.3 Å². The van der Waals surface area contributed by atoms with Crippen molar-refractivity contribution in [1.82, 2.24) is 9.88 Å². The average molecular weight is 250 g/mol. The van der Waals surface area contributed by atoms with Gasteiger partial charge in [-0.1, -0.05) is 0 Å². The van der Waals surface area contributed by atoms with E-state index in [9.17, 15) is 9.59 Å². The van der Waals surface area contributed by atoms with Gasteiger partial charge in [0.1, 0.15) is 5.69 Å². The van der Waals surface area contributed by atoms with E-state index < -0.39 is 17.9 Å². The van der Waals surface area contributed by atoms with Crippen LogP contribution < -0.4 is 0 Å². The molecule has 0 fully saturated rings. The molecule has 1 N–H and O–H groups in total. The van der Waals surface area contributed by atoms with Crippen LogP contribution in [0, 0.1) is 0 Å². The van der Waals surface area contributed by atoms with Crippen molar-refractivity contribution in [3.63, 3.8) is 0 Å². The molecule has 2 rings (SSSR count). The lowest BCUT2D eigenvalue weighted by atomic mass is 10.1. The van der Waals surface area contributed by atoms with Crippen molar-refractivity contribution < 1.29 is 19.4 Å². The van der Waals surface area contributed by atoms with E-state index in [-0.39, 0.29) is 17.9 Å². The Morgan fingerprint density at radius 2 is 2.17 bits per heavy atom. The number of methoxy groups -OCH3 is 1. The monoisotopic (exact) mass is 250 g/mol. The number of imide groups is 1. The van der Waals surface area contributed by atoms with Gasteiger partial charge in [0.25, 0.3) is 11.8 Å². The van der Waals surface area contributed by atoms with E-state index in [4.69, 9.17) is 9.84 Å². The molecule has 0 saturated carbocycles. The standard InChI is InChI=1S/C12H14N2O4/c1-7(5-15)14-11(16)9-3-8(6-18-2)4-13-10(9)12(14)17/h3-4,7,15H,5-6H2,1-2H3. The number of hydrogen-bond acceptors (Lipinski definition) is 5. The number of amides is 2. The summed E-state index contributed by atoms with van der Waals surface area (Å²) in [6, 6.07) is 1.06. The minimum absolute atomic E-state index is 0.139. The Balaban J connectivity index is 2.39. The van der Waals surface area contributed by atoms with Crippen molar-refractivity contribution >= 4 is 11.8 Å². The third-order valence-corrected chi connectivity index (χ3v) is 2.83. The molecule has 18 heavy (non-hydrogen) atoms. The van der Waals surface area contributed by atoms with Crippen LogP contribution in [0.3, 0.4) is 0 Å². The van der Waals surface area contributed by atoms with Gasteiger partial charge in [0.05, 0.1) is 24.8 Å². The third-order valence-electron chi connectivity index (χ3n) is 2.83. The van der Waals surface area contributed by atoms with E-state index in [1.807, 2.05) is 0 Å². The van der Waals surface area contributed by atoms with E-state index >= 15 is 0 Å². The summed E-state index contributed by atoms with van der Waals surface area (Å²) < 4.78 is 4.96. The Labute approximate surface area is 104 Å². The normalized spacial score (nSPS) is 16.1. The Kier molecular flexibility index (Phi) is 3.40. The fraction of sp³-hybridized carbons (Fsp3) is 0.417. The lowest BCUT2D eigenvalue weighted by Gasteiger charge is -2.19. The zero-order chi connectivity index (χ0) is 13.3. The van der Waals surface area contributed by atoms with Crippen LogP contribution in [0.5, 0.6) is 0 Å². The summed E-state index contributed by atoms with van der Waals surface area (Å²) >= 11 is 0. The fourth-order valence-electron chi connectivity index (χ4n) is 1.91. The molecule has 0 bridgehead atoms. The molecule has 1 aliphatic rings. The maximum atomic E-state index is 12.1. The predicted octanol–water partition coefficient (Wildman–Crippen LogP) is 0.205. The molecular formula is C12H14N2O4. The maximum absolute atomic E-state index is 12.1. The van der Waals surface area contributed by atoms with Crippen molar-refractivity contribution in [2.24, 2.45) is 0 Å². The third kappa shape index (κ3) is 1.89. The number of pyridine rings is 1. The number of aliphatic hydroxyl groups is 1. The van der Waals surface area contributed by atoms with Gasteiger partial charge >= 0.3 is 0 Å². The molecule has 0 radical (unpaired) electrons. The minimum Gasteiger partial charge on any atom is -0.394 e. The van der Waals surface area contributed by atoms with Crippen LogP contribution in [0.1, 0.15) is 33.3 Å². The van der Waals surface area contributed by atoms with Gasteiger partial charge < -0.3 is 9.84 Å². The molecule has 6 nitrogen and oxygen atoms in total. The highest BCUT2D eigenvalue weighted by Gasteiger charge is 2.39. The van der Waals surface area contributed by atoms with Crippen LogP contribution in [0.4, 0.5) is 0 Å². The van der Waals surface area contributed by atoms with Gasteiger partial charge in [0, 0.05) is 13.3 Å². The van der Waals surface area contributed by atoms with Gasteiger partial charge in [-0.05, 0) is 18.6 Å².